The molecule has 0 saturated carbocycles. The number of non-ortho nitro benzene ring substituents is 1. The van der Waals surface area contributed by atoms with E-state index in [-0.39, 0.29) is 17.4 Å². The molecule has 1 heterocycles. The van der Waals surface area contributed by atoms with Crippen molar-refractivity contribution in [3.63, 3.8) is 0 Å². The van der Waals surface area contributed by atoms with Gasteiger partial charge in [0.15, 0.2) is 5.76 Å². The molecule has 0 bridgehead atoms. The summed E-state index contributed by atoms with van der Waals surface area (Å²) in [5.41, 5.74) is 1.93. The first kappa shape index (κ1) is 20.5. The highest BCUT2D eigenvalue weighted by molar-refractivity contribution is 6.05. The highest BCUT2D eigenvalue weighted by atomic mass is 16.6. The van der Waals surface area contributed by atoms with Crippen molar-refractivity contribution in [2.45, 2.75) is 0 Å². The molecule has 158 valence electrons. The Morgan fingerprint density at radius 2 is 1.44 bits per heavy atom. The highest BCUT2D eigenvalue weighted by Crippen LogP contribution is 2.26. The summed E-state index contributed by atoms with van der Waals surface area (Å²) < 4.78 is 5.59. The Labute approximate surface area is 182 Å². The summed E-state index contributed by atoms with van der Waals surface area (Å²) in [6.07, 6.45) is 0. The minimum absolute atomic E-state index is 0.0465. The number of nitrogens with one attached hydrogen (secondary N) is 2. The largest absolute Gasteiger partial charge is 0.451 e. The number of anilines is 2. The average molecular weight is 427 g/mol. The summed E-state index contributed by atoms with van der Waals surface area (Å²) in [7, 11) is 0. The van der Waals surface area contributed by atoms with Crippen LogP contribution in [-0.4, -0.2) is 16.7 Å². The van der Waals surface area contributed by atoms with Gasteiger partial charge < -0.3 is 15.1 Å². The lowest BCUT2D eigenvalue weighted by atomic mass is 10.1. The molecule has 0 unspecified atom stereocenters. The van der Waals surface area contributed by atoms with E-state index in [0.29, 0.717) is 28.3 Å². The standard InChI is InChI=1S/C24H17N3O5/c28-23(16-6-2-1-3-7-16)25-18-9-5-10-19(15-18)26-24(29)22-13-12-21(32-22)17-8-4-11-20(14-17)27(30)31/h1-15H,(H,25,28)(H,26,29). The Morgan fingerprint density at radius 3 is 2.16 bits per heavy atom. The summed E-state index contributed by atoms with van der Waals surface area (Å²) in [6.45, 7) is 0. The maximum atomic E-state index is 12.6. The summed E-state index contributed by atoms with van der Waals surface area (Å²) in [6, 6.07) is 24.5. The van der Waals surface area contributed by atoms with Crippen LogP contribution in [0.3, 0.4) is 0 Å². The predicted octanol–water partition coefficient (Wildman–Crippen LogP) is 5.36. The number of nitro groups is 1. The quantitative estimate of drug-likeness (QED) is 0.318. The molecule has 2 amide bonds. The third-order valence-corrected chi connectivity index (χ3v) is 4.59. The Morgan fingerprint density at radius 1 is 0.750 bits per heavy atom. The van der Waals surface area contributed by atoms with E-state index >= 15 is 0 Å². The van der Waals surface area contributed by atoms with E-state index in [1.807, 2.05) is 6.07 Å². The molecule has 0 aliphatic carbocycles. The van der Waals surface area contributed by atoms with Gasteiger partial charge in [-0.3, -0.25) is 19.7 Å². The summed E-state index contributed by atoms with van der Waals surface area (Å²) in [4.78, 5) is 35.4. The second-order valence-electron chi connectivity index (χ2n) is 6.83. The van der Waals surface area contributed by atoms with Gasteiger partial charge >= 0.3 is 0 Å². The number of nitro benzene ring substituents is 1. The molecule has 8 nitrogen and oxygen atoms in total. The summed E-state index contributed by atoms with van der Waals surface area (Å²) in [5, 5.41) is 16.5. The number of furan rings is 1. The van der Waals surface area contributed by atoms with Gasteiger partial charge in [-0.2, -0.15) is 0 Å². The topological polar surface area (TPSA) is 114 Å². The van der Waals surface area contributed by atoms with E-state index < -0.39 is 10.8 Å². The Bertz CT molecular complexity index is 1300. The normalized spacial score (nSPS) is 10.4. The fraction of sp³-hybridized carbons (Fsp3) is 0. The monoisotopic (exact) mass is 427 g/mol. The highest BCUT2D eigenvalue weighted by Gasteiger charge is 2.15. The molecule has 0 aliphatic heterocycles. The maximum Gasteiger partial charge on any atom is 0.291 e. The van der Waals surface area contributed by atoms with Gasteiger partial charge in [-0.15, -0.1) is 0 Å². The third kappa shape index (κ3) is 4.71. The van der Waals surface area contributed by atoms with Crippen molar-refractivity contribution in [3.8, 4) is 11.3 Å². The van der Waals surface area contributed by atoms with E-state index in [2.05, 4.69) is 10.6 Å². The van der Waals surface area contributed by atoms with E-state index in [9.17, 15) is 19.7 Å². The van der Waals surface area contributed by atoms with Gasteiger partial charge in [0.25, 0.3) is 17.5 Å². The number of amides is 2. The molecule has 2 N–H and O–H groups in total. The smallest absolute Gasteiger partial charge is 0.291 e. The third-order valence-electron chi connectivity index (χ3n) is 4.59. The Balaban J connectivity index is 1.46. The summed E-state index contributed by atoms with van der Waals surface area (Å²) in [5.74, 6) is -0.372. The first-order valence-electron chi connectivity index (χ1n) is 9.62. The van der Waals surface area contributed by atoms with Crippen LogP contribution >= 0.6 is 0 Å². The molecule has 32 heavy (non-hydrogen) atoms. The molecule has 0 radical (unpaired) electrons. The van der Waals surface area contributed by atoms with Gasteiger partial charge in [0.1, 0.15) is 5.76 Å². The van der Waals surface area contributed by atoms with Crippen LogP contribution < -0.4 is 10.6 Å². The SMILES string of the molecule is O=C(Nc1cccc(NC(=O)c2ccc(-c3cccc([N+](=O)[O-])c3)o2)c1)c1ccccc1. The minimum Gasteiger partial charge on any atom is -0.451 e. The molecular formula is C24H17N3O5. The van der Waals surface area contributed by atoms with Gasteiger partial charge in [0, 0.05) is 34.6 Å². The predicted molar refractivity (Wildman–Crippen MR) is 120 cm³/mol. The Hall–Kier alpha value is -4.72. The van der Waals surface area contributed by atoms with Gasteiger partial charge in [-0.05, 0) is 42.5 Å². The van der Waals surface area contributed by atoms with Crippen LogP contribution in [0.2, 0.25) is 0 Å². The molecule has 4 rings (SSSR count). The number of carbonyl (C=O) groups excluding carboxylic acids is 2. The van der Waals surface area contributed by atoms with E-state index in [1.165, 1.54) is 18.2 Å². The maximum absolute atomic E-state index is 12.6. The number of rotatable bonds is 6. The van der Waals surface area contributed by atoms with E-state index in [1.54, 1.807) is 66.7 Å². The van der Waals surface area contributed by atoms with Gasteiger partial charge in [-0.1, -0.05) is 36.4 Å². The number of benzene rings is 3. The Kier molecular flexibility index (Phi) is 5.76. The zero-order valence-electron chi connectivity index (χ0n) is 16.6. The van der Waals surface area contributed by atoms with Crippen LogP contribution in [0, 0.1) is 10.1 Å². The number of hydrogen-bond acceptors (Lipinski definition) is 5. The zero-order chi connectivity index (χ0) is 22.5. The minimum atomic E-state index is -0.496. The van der Waals surface area contributed by atoms with Gasteiger partial charge in [0.2, 0.25) is 0 Å². The van der Waals surface area contributed by atoms with Crippen LogP contribution in [0.4, 0.5) is 17.1 Å². The molecule has 4 aromatic rings. The lowest BCUT2D eigenvalue weighted by Gasteiger charge is -2.08. The molecule has 0 fully saturated rings. The van der Waals surface area contributed by atoms with Crippen molar-refractivity contribution in [2.75, 3.05) is 10.6 Å². The van der Waals surface area contributed by atoms with Crippen LogP contribution in [0.25, 0.3) is 11.3 Å². The first-order chi connectivity index (χ1) is 15.5. The molecule has 0 atom stereocenters. The lowest BCUT2D eigenvalue weighted by molar-refractivity contribution is -0.384. The molecule has 3 aromatic carbocycles. The molecule has 0 saturated heterocycles. The first-order valence-corrected chi connectivity index (χ1v) is 9.62. The lowest BCUT2D eigenvalue weighted by Crippen LogP contribution is -2.13. The second kappa shape index (κ2) is 8.97. The van der Waals surface area contributed by atoms with Crippen molar-refractivity contribution in [1.29, 1.82) is 0 Å². The zero-order valence-corrected chi connectivity index (χ0v) is 16.6. The number of hydrogen-bond donors (Lipinski definition) is 2. The van der Waals surface area contributed by atoms with Crippen molar-refractivity contribution in [3.05, 3.63) is 112 Å². The average Bonchev–Trinajstić information content (AvgIpc) is 3.31. The molecule has 0 spiro atoms. The molecule has 8 heteroatoms. The summed E-state index contributed by atoms with van der Waals surface area (Å²) >= 11 is 0. The molecule has 1 aromatic heterocycles. The van der Waals surface area contributed by atoms with E-state index in [0.717, 1.165) is 0 Å². The molecular weight excluding hydrogens is 410 g/mol. The second-order valence-corrected chi connectivity index (χ2v) is 6.83. The van der Waals surface area contributed by atoms with Crippen LogP contribution in [0.1, 0.15) is 20.9 Å². The van der Waals surface area contributed by atoms with Gasteiger partial charge in [-0.25, -0.2) is 0 Å². The van der Waals surface area contributed by atoms with Crippen LogP contribution in [0.5, 0.6) is 0 Å². The van der Waals surface area contributed by atoms with Crippen LogP contribution in [0.15, 0.2) is 95.4 Å². The van der Waals surface area contributed by atoms with Crippen molar-refractivity contribution >= 4 is 28.9 Å². The van der Waals surface area contributed by atoms with Crippen LogP contribution in [-0.2, 0) is 0 Å². The van der Waals surface area contributed by atoms with Crippen molar-refractivity contribution in [2.24, 2.45) is 0 Å². The number of nitrogens with zero attached hydrogens (tertiary/aromatic N) is 1. The van der Waals surface area contributed by atoms with Gasteiger partial charge in [0.05, 0.1) is 4.92 Å². The fourth-order valence-corrected chi connectivity index (χ4v) is 3.05. The molecule has 0 aliphatic rings. The van der Waals surface area contributed by atoms with E-state index in [4.69, 9.17) is 4.42 Å². The number of carbonyl (C=O) groups is 2. The van der Waals surface area contributed by atoms with Crippen molar-refractivity contribution < 1.29 is 18.9 Å². The van der Waals surface area contributed by atoms with Crippen molar-refractivity contribution in [1.82, 2.24) is 0 Å². The fourth-order valence-electron chi connectivity index (χ4n) is 3.05.